The molecule has 0 radical (unpaired) electrons. The molecule has 1 N–H and O–H groups in total. The van der Waals surface area contributed by atoms with Crippen LogP contribution >= 0.6 is 11.8 Å². The van der Waals surface area contributed by atoms with E-state index in [2.05, 4.69) is 34.0 Å². The van der Waals surface area contributed by atoms with Crippen LogP contribution in [0.2, 0.25) is 0 Å². The second-order valence-corrected chi connectivity index (χ2v) is 7.25. The molecular formula is C15H25N3S. The molecule has 1 aromatic heterocycles. The van der Waals surface area contributed by atoms with Gasteiger partial charge in [0.1, 0.15) is 0 Å². The van der Waals surface area contributed by atoms with Crippen molar-refractivity contribution < 1.29 is 0 Å². The average molecular weight is 279 g/mol. The molecule has 2 heterocycles. The third-order valence-electron chi connectivity index (χ3n) is 4.31. The van der Waals surface area contributed by atoms with Crippen LogP contribution in [-0.4, -0.2) is 27.3 Å². The van der Waals surface area contributed by atoms with Gasteiger partial charge in [0.05, 0.1) is 11.7 Å². The Labute approximate surface area is 120 Å². The van der Waals surface area contributed by atoms with Crippen LogP contribution in [0.1, 0.15) is 56.7 Å². The van der Waals surface area contributed by atoms with E-state index >= 15 is 0 Å². The van der Waals surface area contributed by atoms with Gasteiger partial charge in [-0.25, -0.2) is 0 Å². The number of rotatable bonds is 5. The van der Waals surface area contributed by atoms with Crippen molar-refractivity contribution in [2.24, 2.45) is 0 Å². The summed E-state index contributed by atoms with van der Waals surface area (Å²) >= 11 is 2.12. The highest BCUT2D eigenvalue weighted by Gasteiger charge is 2.17. The zero-order valence-corrected chi connectivity index (χ0v) is 12.5. The van der Waals surface area contributed by atoms with Crippen LogP contribution in [0.15, 0.2) is 12.3 Å². The largest absolute Gasteiger partial charge is 0.310 e. The Balaban J connectivity index is 1.44. The van der Waals surface area contributed by atoms with E-state index in [4.69, 9.17) is 5.10 Å². The molecule has 2 fully saturated rings. The second kappa shape index (κ2) is 6.80. The molecule has 0 aromatic carbocycles. The molecule has 19 heavy (non-hydrogen) atoms. The van der Waals surface area contributed by atoms with E-state index in [1.165, 1.54) is 56.4 Å². The van der Waals surface area contributed by atoms with Crippen molar-refractivity contribution in [2.75, 3.05) is 12.3 Å². The molecule has 3 nitrogen and oxygen atoms in total. The molecule has 1 saturated carbocycles. The Kier molecular flexibility index (Phi) is 4.83. The van der Waals surface area contributed by atoms with Gasteiger partial charge >= 0.3 is 0 Å². The van der Waals surface area contributed by atoms with Crippen LogP contribution in [0.5, 0.6) is 0 Å². The molecule has 2 aliphatic rings. The fourth-order valence-electron chi connectivity index (χ4n) is 3.19. The maximum atomic E-state index is 4.75. The molecule has 4 heteroatoms. The van der Waals surface area contributed by atoms with Gasteiger partial charge in [0, 0.05) is 24.5 Å². The predicted octanol–water partition coefficient (Wildman–Crippen LogP) is 3.37. The monoisotopic (exact) mass is 279 g/mol. The van der Waals surface area contributed by atoms with Gasteiger partial charge in [0.15, 0.2) is 0 Å². The van der Waals surface area contributed by atoms with Gasteiger partial charge in [-0.3, -0.25) is 4.68 Å². The minimum atomic E-state index is 0.660. The number of hydrogen-bond donors (Lipinski definition) is 1. The van der Waals surface area contributed by atoms with Crippen LogP contribution in [-0.2, 0) is 6.54 Å². The van der Waals surface area contributed by atoms with Gasteiger partial charge in [0.25, 0.3) is 0 Å². The van der Waals surface area contributed by atoms with Gasteiger partial charge in [-0.05, 0) is 37.5 Å². The summed E-state index contributed by atoms with van der Waals surface area (Å²) in [5.74, 6) is 1.35. The summed E-state index contributed by atoms with van der Waals surface area (Å²) in [7, 11) is 0. The molecule has 1 saturated heterocycles. The summed E-state index contributed by atoms with van der Waals surface area (Å²) in [5, 5.41) is 9.14. The van der Waals surface area contributed by atoms with Crippen molar-refractivity contribution in [2.45, 2.75) is 62.8 Å². The number of nitrogens with zero attached hydrogens (tertiary/aromatic N) is 2. The van der Waals surface area contributed by atoms with Gasteiger partial charge in [-0.2, -0.15) is 16.9 Å². The van der Waals surface area contributed by atoms with Gasteiger partial charge in [-0.1, -0.05) is 19.3 Å². The average Bonchev–Trinajstić information content (AvgIpc) is 3.11. The predicted molar refractivity (Wildman–Crippen MR) is 81.5 cm³/mol. The maximum Gasteiger partial charge on any atom is 0.0762 e. The lowest BCUT2D eigenvalue weighted by Gasteiger charge is -2.21. The minimum absolute atomic E-state index is 0.660. The number of thioether (sulfide) groups is 1. The van der Waals surface area contributed by atoms with Gasteiger partial charge < -0.3 is 5.32 Å². The van der Waals surface area contributed by atoms with E-state index < -0.39 is 0 Å². The zero-order chi connectivity index (χ0) is 12.9. The van der Waals surface area contributed by atoms with Crippen LogP contribution in [0.4, 0.5) is 0 Å². The summed E-state index contributed by atoms with van der Waals surface area (Å²) in [6, 6.07) is 2.84. The first kappa shape index (κ1) is 13.5. The van der Waals surface area contributed by atoms with Gasteiger partial charge in [0.2, 0.25) is 0 Å². The normalized spacial score (nSPS) is 24.9. The molecular weight excluding hydrogens is 254 g/mol. The topological polar surface area (TPSA) is 29.9 Å². The maximum absolute atomic E-state index is 4.75. The fourth-order valence-corrected chi connectivity index (χ4v) is 4.42. The van der Waals surface area contributed by atoms with Crippen LogP contribution in [0.3, 0.4) is 0 Å². The van der Waals surface area contributed by atoms with Crippen molar-refractivity contribution in [1.29, 1.82) is 0 Å². The second-order valence-electron chi connectivity index (χ2n) is 5.84. The molecule has 1 aromatic rings. The van der Waals surface area contributed by atoms with E-state index in [9.17, 15) is 0 Å². The Bertz CT molecular complexity index is 378. The summed E-state index contributed by atoms with van der Waals surface area (Å²) in [6.45, 7) is 2.07. The molecule has 0 spiro atoms. The molecule has 0 bridgehead atoms. The molecule has 0 amide bonds. The third-order valence-corrected chi connectivity index (χ3v) is 5.71. The fraction of sp³-hybridized carbons (Fsp3) is 0.800. The smallest absolute Gasteiger partial charge is 0.0762 e. The van der Waals surface area contributed by atoms with Crippen LogP contribution < -0.4 is 5.32 Å². The molecule has 3 rings (SSSR count). The molecule has 1 aliphatic heterocycles. The standard InChI is InChI=1S/C15H25N3S/c1-2-5-14(6-3-1)18-9-8-13(17-18)11-16-12-15-7-4-10-19-15/h8-9,14-16H,1-7,10-12H2. The Morgan fingerprint density at radius 3 is 2.89 bits per heavy atom. The van der Waals surface area contributed by atoms with E-state index in [1.807, 2.05) is 0 Å². The van der Waals surface area contributed by atoms with E-state index in [0.29, 0.717) is 6.04 Å². The van der Waals surface area contributed by atoms with Crippen molar-refractivity contribution in [1.82, 2.24) is 15.1 Å². The summed E-state index contributed by atoms with van der Waals surface area (Å²) in [5.41, 5.74) is 1.20. The Morgan fingerprint density at radius 1 is 1.21 bits per heavy atom. The lowest BCUT2D eigenvalue weighted by atomic mass is 9.96. The zero-order valence-electron chi connectivity index (χ0n) is 11.7. The highest BCUT2D eigenvalue weighted by atomic mass is 32.2. The quantitative estimate of drug-likeness (QED) is 0.896. The van der Waals surface area contributed by atoms with Crippen molar-refractivity contribution in [3.8, 4) is 0 Å². The van der Waals surface area contributed by atoms with Crippen LogP contribution in [0, 0.1) is 0 Å². The molecule has 1 aliphatic carbocycles. The van der Waals surface area contributed by atoms with Gasteiger partial charge in [-0.15, -0.1) is 0 Å². The first-order valence-corrected chi connectivity index (χ1v) is 8.83. The Morgan fingerprint density at radius 2 is 2.11 bits per heavy atom. The first-order chi connectivity index (χ1) is 9.42. The number of hydrogen-bond acceptors (Lipinski definition) is 3. The van der Waals surface area contributed by atoms with E-state index in [-0.39, 0.29) is 0 Å². The highest BCUT2D eigenvalue weighted by Crippen LogP contribution is 2.27. The lowest BCUT2D eigenvalue weighted by molar-refractivity contribution is 0.327. The van der Waals surface area contributed by atoms with E-state index in [0.717, 1.165) is 18.3 Å². The molecule has 1 unspecified atom stereocenters. The van der Waals surface area contributed by atoms with Crippen LogP contribution in [0.25, 0.3) is 0 Å². The summed E-state index contributed by atoms with van der Waals surface area (Å²) in [4.78, 5) is 0. The first-order valence-electron chi connectivity index (χ1n) is 7.78. The lowest BCUT2D eigenvalue weighted by Crippen LogP contribution is -2.23. The summed E-state index contributed by atoms with van der Waals surface area (Å²) < 4.78 is 2.21. The molecule has 106 valence electrons. The number of aromatic nitrogens is 2. The van der Waals surface area contributed by atoms with Crippen molar-refractivity contribution in [3.63, 3.8) is 0 Å². The van der Waals surface area contributed by atoms with Crippen molar-refractivity contribution >= 4 is 11.8 Å². The molecule has 1 atom stereocenters. The highest BCUT2D eigenvalue weighted by molar-refractivity contribution is 8.00. The minimum Gasteiger partial charge on any atom is -0.310 e. The third kappa shape index (κ3) is 3.76. The Hall–Kier alpha value is -0.480. The SMILES string of the molecule is c1cn(C2CCCCC2)nc1CNCC1CCCS1. The van der Waals surface area contributed by atoms with E-state index in [1.54, 1.807) is 0 Å². The summed E-state index contributed by atoms with van der Waals surface area (Å²) in [6.07, 6.45) is 11.7. The van der Waals surface area contributed by atoms with Crippen molar-refractivity contribution in [3.05, 3.63) is 18.0 Å². The number of nitrogens with one attached hydrogen (secondary N) is 1.